The molecule has 0 atom stereocenters. The van der Waals surface area contributed by atoms with Gasteiger partial charge < -0.3 is 4.74 Å². The lowest BCUT2D eigenvalue weighted by atomic mass is 10.0. The Morgan fingerprint density at radius 3 is 2.55 bits per heavy atom. The lowest BCUT2D eigenvalue weighted by Crippen LogP contribution is -2.03. The molecule has 0 saturated heterocycles. The summed E-state index contributed by atoms with van der Waals surface area (Å²) in [6.45, 7) is 2.22. The van der Waals surface area contributed by atoms with Crippen LogP contribution in [0.5, 0.6) is 5.75 Å². The van der Waals surface area contributed by atoms with Gasteiger partial charge in [-0.15, -0.1) is 0 Å². The minimum absolute atomic E-state index is 0.314. The van der Waals surface area contributed by atoms with Gasteiger partial charge in [-0.2, -0.15) is 0 Å². The van der Waals surface area contributed by atoms with E-state index < -0.39 is 0 Å². The molecule has 0 N–H and O–H groups in total. The standard InChI is InChI=1S/C17H25BrO2/c1-3-4-5-6-7-8-9-15(19)12-14-13-16(20-2)10-11-17(14)18/h10-11,13H,3-9,12H2,1-2H3. The third-order valence-electron chi connectivity index (χ3n) is 3.45. The number of methoxy groups -OCH3 is 1. The van der Waals surface area contributed by atoms with Gasteiger partial charge in [0, 0.05) is 17.3 Å². The molecule has 0 spiro atoms. The average Bonchev–Trinajstić information content (AvgIpc) is 2.45. The van der Waals surface area contributed by atoms with Crippen molar-refractivity contribution < 1.29 is 9.53 Å². The van der Waals surface area contributed by atoms with Crippen molar-refractivity contribution in [3.8, 4) is 5.75 Å². The summed E-state index contributed by atoms with van der Waals surface area (Å²) in [7, 11) is 1.64. The quantitative estimate of drug-likeness (QED) is 0.538. The van der Waals surface area contributed by atoms with Gasteiger partial charge in [0.2, 0.25) is 0 Å². The second-order valence-corrected chi connectivity index (χ2v) is 6.04. The van der Waals surface area contributed by atoms with Gasteiger partial charge in [0.15, 0.2) is 0 Å². The van der Waals surface area contributed by atoms with Crippen molar-refractivity contribution in [3.05, 3.63) is 28.2 Å². The summed E-state index contributed by atoms with van der Waals surface area (Å²) in [6, 6.07) is 5.77. The zero-order chi connectivity index (χ0) is 14.8. The van der Waals surface area contributed by atoms with Crippen LogP contribution in [0, 0.1) is 0 Å². The maximum absolute atomic E-state index is 12.0. The summed E-state index contributed by atoms with van der Waals surface area (Å²) >= 11 is 3.49. The van der Waals surface area contributed by atoms with Crippen molar-refractivity contribution in [2.45, 2.75) is 58.3 Å². The van der Waals surface area contributed by atoms with E-state index in [1.807, 2.05) is 18.2 Å². The van der Waals surface area contributed by atoms with Gasteiger partial charge >= 0.3 is 0 Å². The first kappa shape index (κ1) is 17.2. The topological polar surface area (TPSA) is 26.3 Å². The van der Waals surface area contributed by atoms with Crippen LogP contribution in [0.2, 0.25) is 0 Å². The van der Waals surface area contributed by atoms with E-state index in [1.54, 1.807) is 7.11 Å². The third-order valence-corrected chi connectivity index (χ3v) is 4.22. The Labute approximate surface area is 131 Å². The number of halogens is 1. The Hall–Kier alpha value is -0.830. The zero-order valence-electron chi connectivity index (χ0n) is 12.6. The number of unbranched alkanes of at least 4 members (excludes halogenated alkanes) is 5. The molecule has 0 bridgehead atoms. The van der Waals surface area contributed by atoms with Gasteiger partial charge in [-0.25, -0.2) is 0 Å². The van der Waals surface area contributed by atoms with Crippen molar-refractivity contribution >= 4 is 21.7 Å². The molecule has 0 aliphatic heterocycles. The Balaban J connectivity index is 2.31. The zero-order valence-corrected chi connectivity index (χ0v) is 14.2. The van der Waals surface area contributed by atoms with Crippen LogP contribution < -0.4 is 4.74 Å². The van der Waals surface area contributed by atoms with Gasteiger partial charge in [0.05, 0.1) is 7.11 Å². The molecule has 1 rings (SSSR count). The number of ether oxygens (including phenoxy) is 1. The van der Waals surface area contributed by atoms with Crippen molar-refractivity contribution in [2.24, 2.45) is 0 Å². The molecular weight excluding hydrogens is 316 g/mol. The summed E-state index contributed by atoms with van der Waals surface area (Å²) in [6.07, 6.45) is 8.50. The number of hydrogen-bond donors (Lipinski definition) is 0. The van der Waals surface area contributed by atoms with Crippen molar-refractivity contribution in [3.63, 3.8) is 0 Å². The molecule has 0 radical (unpaired) electrons. The fourth-order valence-corrected chi connectivity index (χ4v) is 2.60. The van der Waals surface area contributed by atoms with E-state index in [9.17, 15) is 4.79 Å². The number of ketones is 1. The molecular formula is C17H25BrO2. The highest BCUT2D eigenvalue weighted by molar-refractivity contribution is 9.10. The van der Waals surface area contributed by atoms with Gasteiger partial charge in [0.25, 0.3) is 0 Å². The molecule has 20 heavy (non-hydrogen) atoms. The van der Waals surface area contributed by atoms with Gasteiger partial charge in [-0.1, -0.05) is 55.0 Å². The fraction of sp³-hybridized carbons (Fsp3) is 0.588. The SMILES string of the molecule is CCCCCCCCC(=O)Cc1cc(OC)ccc1Br. The molecule has 112 valence electrons. The van der Waals surface area contributed by atoms with Crippen LogP contribution in [0.1, 0.15) is 57.4 Å². The summed E-state index contributed by atoms with van der Waals surface area (Å²) < 4.78 is 6.18. The normalized spacial score (nSPS) is 10.6. The lowest BCUT2D eigenvalue weighted by Gasteiger charge is -2.07. The molecule has 0 heterocycles. The summed E-state index contributed by atoms with van der Waals surface area (Å²) in [5.41, 5.74) is 1.01. The van der Waals surface area contributed by atoms with E-state index in [2.05, 4.69) is 22.9 Å². The Morgan fingerprint density at radius 1 is 1.15 bits per heavy atom. The molecule has 0 unspecified atom stereocenters. The van der Waals surface area contributed by atoms with Crippen molar-refractivity contribution in [1.82, 2.24) is 0 Å². The molecule has 0 aliphatic carbocycles. The number of carbonyl (C=O) groups excluding carboxylic acids is 1. The van der Waals surface area contributed by atoms with Gasteiger partial charge in [-0.05, 0) is 30.2 Å². The van der Waals surface area contributed by atoms with Crippen molar-refractivity contribution in [1.29, 1.82) is 0 Å². The number of rotatable bonds is 10. The molecule has 3 heteroatoms. The van der Waals surface area contributed by atoms with Crippen LogP contribution in [-0.2, 0) is 11.2 Å². The van der Waals surface area contributed by atoms with Crippen LogP contribution in [0.3, 0.4) is 0 Å². The van der Waals surface area contributed by atoms with Crippen molar-refractivity contribution in [2.75, 3.05) is 7.11 Å². The predicted octanol–water partition coefficient (Wildman–Crippen LogP) is 5.32. The van der Waals surface area contributed by atoms with E-state index in [0.29, 0.717) is 18.6 Å². The summed E-state index contributed by atoms with van der Waals surface area (Å²) in [5.74, 6) is 1.12. The molecule has 1 aromatic rings. The average molecular weight is 341 g/mol. The number of carbonyl (C=O) groups is 1. The van der Waals surface area contributed by atoms with E-state index in [-0.39, 0.29) is 0 Å². The minimum atomic E-state index is 0.314. The first-order valence-electron chi connectivity index (χ1n) is 7.51. The smallest absolute Gasteiger partial charge is 0.137 e. The Kier molecular flexibility index (Phi) is 8.59. The fourth-order valence-electron chi connectivity index (χ4n) is 2.22. The van der Waals surface area contributed by atoms with Crippen LogP contribution in [0.4, 0.5) is 0 Å². The Morgan fingerprint density at radius 2 is 1.85 bits per heavy atom. The van der Waals surface area contributed by atoms with E-state index >= 15 is 0 Å². The molecule has 0 amide bonds. The van der Waals surface area contributed by atoms with Crippen LogP contribution >= 0.6 is 15.9 Å². The highest BCUT2D eigenvalue weighted by Gasteiger charge is 2.08. The lowest BCUT2D eigenvalue weighted by molar-refractivity contribution is -0.118. The minimum Gasteiger partial charge on any atom is -0.497 e. The summed E-state index contributed by atoms with van der Waals surface area (Å²) in [5, 5.41) is 0. The van der Waals surface area contributed by atoms with Crippen LogP contribution in [0.25, 0.3) is 0 Å². The van der Waals surface area contributed by atoms with E-state index in [0.717, 1.165) is 22.2 Å². The number of hydrogen-bond acceptors (Lipinski definition) is 2. The van der Waals surface area contributed by atoms with Gasteiger partial charge in [-0.3, -0.25) is 4.79 Å². The maximum Gasteiger partial charge on any atom is 0.137 e. The maximum atomic E-state index is 12.0. The molecule has 0 saturated carbocycles. The summed E-state index contributed by atoms with van der Waals surface area (Å²) in [4.78, 5) is 12.0. The highest BCUT2D eigenvalue weighted by atomic mass is 79.9. The second-order valence-electron chi connectivity index (χ2n) is 5.19. The Bertz CT molecular complexity index is 415. The number of benzene rings is 1. The molecule has 2 nitrogen and oxygen atoms in total. The highest BCUT2D eigenvalue weighted by Crippen LogP contribution is 2.23. The monoisotopic (exact) mass is 340 g/mol. The third kappa shape index (κ3) is 6.56. The molecule has 0 aromatic heterocycles. The largest absolute Gasteiger partial charge is 0.497 e. The van der Waals surface area contributed by atoms with Crippen LogP contribution in [-0.4, -0.2) is 12.9 Å². The van der Waals surface area contributed by atoms with E-state index in [4.69, 9.17) is 4.74 Å². The van der Waals surface area contributed by atoms with Crippen LogP contribution in [0.15, 0.2) is 22.7 Å². The predicted molar refractivity (Wildman–Crippen MR) is 87.4 cm³/mol. The van der Waals surface area contributed by atoms with Gasteiger partial charge in [0.1, 0.15) is 11.5 Å². The second kappa shape index (κ2) is 9.98. The number of Topliss-reactive ketones (excluding diaryl/α,β-unsaturated/α-hetero) is 1. The first-order chi connectivity index (χ1) is 9.67. The molecule has 0 fully saturated rings. The first-order valence-corrected chi connectivity index (χ1v) is 8.30. The molecule has 0 aliphatic rings. The van der Waals surface area contributed by atoms with E-state index in [1.165, 1.54) is 32.1 Å². The molecule has 1 aromatic carbocycles.